The molecular formula is C44H26N4O2. The maximum Gasteiger partial charge on any atom is 0.227 e. The second kappa shape index (κ2) is 11.4. The zero-order chi connectivity index (χ0) is 33.0. The highest BCUT2D eigenvalue weighted by Gasteiger charge is 2.22. The fourth-order valence-corrected chi connectivity index (χ4v) is 6.75. The number of fused-ring (bicyclic) bond motifs is 5. The Balaban J connectivity index is 1.20. The van der Waals surface area contributed by atoms with E-state index in [0.717, 1.165) is 71.6 Å². The summed E-state index contributed by atoms with van der Waals surface area (Å²) in [4.78, 5) is 20.2. The van der Waals surface area contributed by atoms with Crippen LogP contribution in [0.2, 0.25) is 0 Å². The van der Waals surface area contributed by atoms with Gasteiger partial charge in [-0.3, -0.25) is 0 Å². The van der Waals surface area contributed by atoms with Crippen molar-refractivity contribution in [3.63, 3.8) is 0 Å². The Kier molecular flexibility index (Phi) is 6.39. The monoisotopic (exact) mass is 642 g/mol. The van der Waals surface area contributed by atoms with Crippen LogP contribution < -0.4 is 0 Å². The van der Waals surface area contributed by atoms with Gasteiger partial charge in [-0.05, 0) is 46.7 Å². The number of oxazole rings is 1. The molecule has 6 heteroatoms. The number of nitrogens with zero attached hydrogens (tertiary/aromatic N) is 4. The Morgan fingerprint density at radius 3 is 1.78 bits per heavy atom. The van der Waals surface area contributed by atoms with Gasteiger partial charge in [-0.1, -0.05) is 121 Å². The van der Waals surface area contributed by atoms with Crippen LogP contribution >= 0.6 is 0 Å². The topological polar surface area (TPSA) is 77.8 Å². The maximum absolute atomic E-state index is 6.39. The average molecular weight is 643 g/mol. The van der Waals surface area contributed by atoms with E-state index in [4.69, 9.17) is 28.8 Å². The quantitative estimate of drug-likeness (QED) is 0.186. The molecule has 10 rings (SSSR count). The Labute approximate surface area is 286 Å². The molecule has 0 aliphatic rings. The smallest absolute Gasteiger partial charge is 0.227 e. The molecule has 50 heavy (non-hydrogen) atoms. The zero-order valence-electron chi connectivity index (χ0n) is 26.6. The van der Waals surface area contributed by atoms with Gasteiger partial charge in [0, 0.05) is 44.7 Å². The van der Waals surface area contributed by atoms with Gasteiger partial charge in [-0.25, -0.2) is 19.9 Å². The fourth-order valence-electron chi connectivity index (χ4n) is 6.75. The fraction of sp³-hybridized carbons (Fsp3) is 0. The van der Waals surface area contributed by atoms with Crippen molar-refractivity contribution in [3.8, 4) is 56.7 Å². The number of rotatable bonds is 5. The molecule has 0 amide bonds. The van der Waals surface area contributed by atoms with E-state index in [1.165, 1.54) is 0 Å². The van der Waals surface area contributed by atoms with Crippen LogP contribution in [-0.4, -0.2) is 19.9 Å². The van der Waals surface area contributed by atoms with E-state index in [2.05, 4.69) is 48.5 Å². The van der Waals surface area contributed by atoms with Crippen molar-refractivity contribution < 1.29 is 8.83 Å². The SMILES string of the molecule is c1ccc(-c2nc(-c3cccc(-c4c5nc(-c6ccccc6)oc5cc5oc6ccccc6c45)c3)nc(-c3ccc4ccccc4c3)n2)cc1. The number of para-hydroxylation sites is 1. The van der Waals surface area contributed by atoms with Gasteiger partial charge in [-0.15, -0.1) is 0 Å². The van der Waals surface area contributed by atoms with Crippen molar-refractivity contribution in [2.45, 2.75) is 0 Å². The van der Waals surface area contributed by atoms with Gasteiger partial charge in [0.1, 0.15) is 16.7 Å². The normalized spacial score (nSPS) is 11.6. The van der Waals surface area contributed by atoms with Crippen LogP contribution in [0, 0.1) is 0 Å². The molecule has 0 atom stereocenters. The second-order valence-electron chi connectivity index (χ2n) is 12.3. The second-order valence-corrected chi connectivity index (χ2v) is 12.3. The van der Waals surface area contributed by atoms with Crippen LogP contribution in [-0.2, 0) is 0 Å². The van der Waals surface area contributed by atoms with Crippen molar-refractivity contribution >= 4 is 43.8 Å². The first-order chi connectivity index (χ1) is 24.7. The largest absolute Gasteiger partial charge is 0.456 e. The Hall–Kier alpha value is -6.92. The highest BCUT2D eigenvalue weighted by Crippen LogP contribution is 2.43. The minimum Gasteiger partial charge on any atom is -0.456 e. The molecule has 0 bridgehead atoms. The van der Waals surface area contributed by atoms with E-state index < -0.39 is 0 Å². The molecule has 0 unspecified atom stereocenters. The first kappa shape index (κ1) is 28.1. The van der Waals surface area contributed by atoms with Crippen molar-refractivity contribution in [2.75, 3.05) is 0 Å². The number of benzene rings is 7. The minimum absolute atomic E-state index is 0.556. The molecule has 0 saturated heterocycles. The van der Waals surface area contributed by atoms with Crippen molar-refractivity contribution in [1.29, 1.82) is 0 Å². The lowest BCUT2D eigenvalue weighted by atomic mass is 9.96. The third-order valence-corrected chi connectivity index (χ3v) is 9.13. The van der Waals surface area contributed by atoms with Crippen molar-refractivity contribution in [2.24, 2.45) is 0 Å². The van der Waals surface area contributed by atoms with Gasteiger partial charge in [0.2, 0.25) is 5.89 Å². The zero-order valence-corrected chi connectivity index (χ0v) is 26.6. The van der Waals surface area contributed by atoms with Gasteiger partial charge >= 0.3 is 0 Å². The molecule has 0 radical (unpaired) electrons. The minimum atomic E-state index is 0.556. The molecule has 0 fully saturated rings. The highest BCUT2D eigenvalue weighted by atomic mass is 16.4. The third-order valence-electron chi connectivity index (χ3n) is 9.13. The number of hydrogen-bond donors (Lipinski definition) is 0. The van der Waals surface area contributed by atoms with Gasteiger partial charge in [-0.2, -0.15) is 0 Å². The predicted octanol–water partition coefficient (Wildman–Crippen LogP) is 11.4. The van der Waals surface area contributed by atoms with Gasteiger partial charge < -0.3 is 8.83 Å². The summed E-state index contributed by atoms with van der Waals surface area (Å²) in [6.45, 7) is 0. The molecule has 0 N–H and O–H groups in total. The van der Waals surface area contributed by atoms with Gasteiger partial charge in [0.15, 0.2) is 23.1 Å². The molecule has 0 aliphatic carbocycles. The molecule has 7 aromatic carbocycles. The molecule has 3 aromatic heterocycles. The van der Waals surface area contributed by atoms with Gasteiger partial charge in [0.05, 0.1) is 0 Å². The summed E-state index contributed by atoms with van der Waals surface area (Å²) in [5.74, 6) is 2.35. The van der Waals surface area contributed by atoms with Crippen LogP contribution in [0.5, 0.6) is 0 Å². The van der Waals surface area contributed by atoms with E-state index in [-0.39, 0.29) is 0 Å². The molecular weight excluding hydrogens is 617 g/mol. The molecule has 234 valence electrons. The first-order valence-electron chi connectivity index (χ1n) is 16.5. The van der Waals surface area contributed by atoms with Crippen LogP contribution in [0.15, 0.2) is 167 Å². The van der Waals surface area contributed by atoms with E-state index >= 15 is 0 Å². The van der Waals surface area contributed by atoms with Crippen LogP contribution in [0.4, 0.5) is 0 Å². The standard InChI is InChI=1S/C44H26N4O2/c1-3-13-28(14-4-1)41-46-42(48-43(47-41)33-23-22-27-12-7-8-17-30(27)24-33)32-19-11-18-31(25-32)38-39-34-20-9-10-21-35(34)49-36(39)26-37-40(38)45-44(50-37)29-15-5-2-6-16-29/h1-26H. The number of furan rings is 1. The molecule has 3 heterocycles. The molecule has 0 saturated carbocycles. The summed E-state index contributed by atoms with van der Waals surface area (Å²) < 4.78 is 12.8. The lowest BCUT2D eigenvalue weighted by Gasteiger charge is -2.11. The highest BCUT2D eigenvalue weighted by molar-refractivity contribution is 6.19. The summed E-state index contributed by atoms with van der Waals surface area (Å²) in [6, 6.07) is 53.0. The van der Waals surface area contributed by atoms with Gasteiger partial charge in [0.25, 0.3) is 0 Å². The van der Waals surface area contributed by atoms with Crippen molar-refractivity contribution in [1.82, 2.24) is 19.9 Å². The molecule has 0 aliphatic heterocycles. The first-order valence-corrected chi connectivity index (χ1v) is 16.5. The summed E-state index contributed by atoms with van der Waals surface area (Å²) >= 11 is 0. The van der Waals surface area contributed by atoms with E-state index in [1.54, 1.807) is 0 Å². The Morgan fingerprint density at radius 2 is 0.980 bits per heavy atom. The average Bonchev–Trinajstić information content (AvgIpc) is 3.79. The third kappa shape index (κ3) is 4.73. The van der Waals surface area contributed by atoms with Crippen LogP contribution in [0.3, 0.4) is 0 Å². The van der Waals surface area contributed by atoms with Crippen molar-refractivity contribution in [3.05, 3.63) is 158 Å². The van der Waals surface area contributed by atoms with E-state index in [0.29, 0.717) is 28.9 Å². The molecule has 6 nitrogen and oxygen atoms in total. The maximum atomic E-state index is 6.39. The summed E-state index contributed by atoms with van der Waals surface area (Å²) in [7, 11) is 0. The van der Waals surface area contributed by atoms with E-state index in [9.17, 15) is 0 Å². The lowest BCUT2D eigenvalue weighted by molar-refractivity contribution is 0.617. The lowest BCUT2D eigenvalue weighted by Crippen LogP contribution is -2.00. The molecule has 10 aromatic rings. The summed E-state index contributed by atoms with van der Waals surface area (Å²) in [5.41, 5.74) is 8.45. The Morgan fingerprint density at radius 1 is 0.360 bits per heavy atom. The number of aromatic nitrogens is 4. The summed E-state index contributed by atoms with van der Waals surface area (Å²) in [6.07, 6.45) is 0. The predicted molar refractivity (Wildman–Crippen MR) is 199 cm³/mol. The Bertz CT molecular complexity index is 2880. The van der Waals surface area contributed by atoms with E-state index in [1.807, 2.05) is 109 Å². The molecule has 0 spiro atoms. The summed E-state index contributed by atoms with van der Waals surface area (Å²) in [5, 5.41) is 4.29. The van der Waals surface area contributed by atoms with Crippen LogP contribution in [0.25, 0.3) is 101 Å². The number of hydrogen-bond acceptors (Lipinski definition) is 6. The van der Waals surface area contributed by atoms with Crippen LogP contribution in [0.1, 0.15) is 0 Å².